The van der Waals surface area contributed by atoms with E-state index in [1.807, 2.05) is 12.1 Å². The molecular formula is C18H19ClN2O4S. The fourth-order valence-corrected chi connectivity index (χ4v) is 3.96. The number of rotatable bonds is 5. The molecule has 0 bridgehead atoms. The van der Waals surface area contributed by atoms with Gasteiger partial charge in [0.05, 0.1) is 32.2 Å². The molecular weight excluding hydrogens is 376 g/mol. The molecule has 2 aromatic carbocycles. The van der Waals surface area contributed by atoms with Crippen LogP contribution in [0.2, 0.25) is 5.02 Å². The first kappa shape index (κ1) is 18.5. The molecule has 3 rings (SSSR count). The smallest absolute Gasteiger partial charge is 0.247 e. The van der Waals surface area contributed by atoms with Crippen molar-refractivity contribution in [2.45, 2.75) is 12.5 Å². The third kappa shape index (κ3) is 3.64. The maximum Gasteiger partial charge on any atom is 0.247 e. The SMILES string of the molecule is COc1ccc(OC)c(C2=NN(S(C)(=O)=O)[C@H](c3ccc(Cl)cc3)C2)c1. The van der Waals surface area contributed by atoms with Gasteiger partial charge in [-0.1, -0.05) is 23.7 Å². The molecule has 6 nitrogen and oxygen atoms in total. The molecule has 0 unspecified atom stereocenters. The molecule has 26 heavy (non-hydrogen) atoms. The van der Waals surface area contributed by atoms with E-state index < -0.39 is 16.1 Å². The van der Waals surface area contributed by atoms with Crippen molar-refractivity contribution in [1.82, 2.24) is 4.41 Å². The molecule has 1 heterocycles. The number of halogens is 1. The Labute approximate surface area is 158 Å². The predicted molar refractivity (Wildman–Crippen MR) is 102 cm³/mol. The van der Waals surface area contributed by atoms with Crippen LogP contribution in [-0.2, 0) is 10.0 Å². The Morgan fingerprint density at radius 1 is 1.12 bits per heavy atom. The molecule has 1 aliphatic heterocycles. The summed E-state index contributed by atoms with van der Waals surface area (Å²) in [6, 6.07) is 12.0. The van der Waals surface area contributed by atoms with Gasteiger partial charge in [-0.15, -0.1) is 0 Å². The minimum Gasteiger partial charge on any atom is -0.497 e. The minimum absolute atomic E-state index is 0.415. The van der Waals surface area contributed by atoms with Gasteiger partial charge in [0.25, 0.3) is 0 Å². The van der Waals surface area contributed by atoms with Crippen LogP contribution in [0.5, 0.6) is 11.5 Å². The van der Waals surface area contributed by atoms with Crippen molar-refractivity contribution in [3.63, 3.8) is 0 Å². The number of benzene rings is 2. The zero-order chi connectivity index (χ0) is 18.9. The maximum atomic E-state index is 12.3. The Morgan fingerprint density at radius 3 is 2.38 bits per heavy atom. The normalized spacial score (nSPS) is 17.2. The molecule has 2 aromatic rings. The molecule has 138 valence electrons. The van der Waals surface area contributed by atoms with Crippen molar-refractivity contribution in [3.8, 4) is 11.5 Å². The van der Waals surface area contributed by atoms with Gasteiger partial charge in [0, 0.05) is 17.0 Å². The zero-order valence-electron chi connectivity index (χ0n) is 14.6. The van der Waals surface area contributed by atoms with Crippen LogP contribution in [0.25, 0.3) is 0 Å². The summed E-state index contributed by atoms with van der Waals surface area (Å²) in [6.45, 7) is 0. The van der Waals surface area contributed by atoms with Crippen LogP contribution in [0, 0.1) is 0 Å². The first-order valence-electron chi connectivity index (χ1n) is 7.88. The van der Waals surface area contributed by atoms with Gasteiger partial charge < -0.3 is 9.47 Å². The highest BCUT2D eigenvalue weighted by atomic mass is 35.5. The van der Waals surface area contributed by atoms with Crippen molar-refractivity contribution >= 4 is 27.3 Å². The van der Waals surface area contributed by atoms with Crippen LogP contribution in [0.1, 0.15) is 23.6 Å². The van der Waals surface area contributed by atoms with Gasteiger partial charge >= 0.3 is 0 Å². The lowest BCUT2D eigenvalue weighted by molar-refractivity contribution is 0.375. The Morgan fingerprint density at radius 2 is 1.81 bits per heavy atom. The number of sulfonamides is 1. The van der Waals surface area contributed by atoms with Crippen molar-refractivity contribution in [1.29, 1.82) is 0 Å². The molecule has 0 spiro atoms. The van der Waals surface area contributed by atoms with Gasteiger partial charge in [-0.2, -0.15) is 9.52 Å². The summed E-state index contributed by atoms with van der Waals surface area (Å²) in [5.74, 6) is 1.25. The molecule has 1 aliphatic rings. The van der Waals surface area contributed by atoms with E-state index in [1.165, 1.54) is 0 Å². The van der Waals surface area contributed by atoms with E-state index in [2.05, 4.69) is 5.10 Å². The van der Waals surface area contributed by atoms with E-state index in [1.54, 1.807) is 44.6 Å². The second-order valence-corrected chi connectivity index (χ2v) is 8.20. The summed E-state index contributed by atoms with van der Waals surface area (Å²) in [6.07, 6.45) is 1.56. The predicted octanol–water partition coefficient (Wildman–Crippen LogP) is 3.47. The summed E-state index contributed by atoms with van der Waals surface area (Å²) in [7, 11) is -0.413. The number of hydrazone groups is 1. The standard InChI is InChI=1S/C18H19ClN2O4S/c1-24-14-8-9-18(25-2)15(10-14)16-11-17(21(20-16)26(3,22)23)12-4-6-13(19)7-5-12/h4-10,17H,11H2,1-3H3/t17-/m0/s1. The van der Waals surface area contributed by atoms with Crippen LogP contribution in [0.4, 0.5) is 0 Å². The fourth-order valence-electron chi connectivity index (χ4n) is 2.93. The fraction of sp³-hybridized carbons (Fsp3) is 0.278. The van der Waals surface area contributed by atoms with Crippen LogP contribution in [0.15, 0.2) is 47.6 Å². The molecule has 0 aliphatic carbocycles. The van der Waals surface area contributed by atoms with Gasteiger partial charge in [0.1, 0.15) is 11.5 Å². The molecule has 8 heteroatoms. The highest BCUT2D eigenvalue weighted by molar-refractivity contribution is 7.88. The molecule has 0 radical (unpaired) electrons. The molecule has 0 saturated carbocycles. The van der Waals surface area contributed by atoms with Gasteiger partial charge in [-0.25, -0.2) is 8.42 Å². The van der Waals surface area contributed by atoms with Gasteiger partial charge in [-0.05, 0) is 35.9 Å². The number of hydrogen-bond acceptors (Lipinski definition) is 5. The number of hydrogen-bond donors (Lipinski definition) is 0. The lowest BCUT2D eigenvalue weighted by atomic mass is 9.98. The van der Waals surface area contributed by atoms with E-state index in [9.17, 15) is 8.42 Å². The van der Waals surface area contributed by atoms with Crippen LogP contribution >= 0.6 is 11.6 Å². The molecule has 0 fully saturated rings. The van der Waals surface area contributed by atoms with Crippen molar-refractivity contribution in [2.75, 3.05) is 20.5 Å². The summed E-state index contributed by atoms with van der Waals surface area (Å²) in [5, 5.41) is 4.98. The minimum atomic E-state index is -3.55. The maximum absolute atomic E-state index is 12.3. The Bertz CT molecular complexity index is 942. The van der Waals surface area contributed by atoms with Crippen LogP contribution < -0.4 is 9.47 Å². The average Bonchev–Trinajstić information content (AvgIpc) is 3.07. The molecule has 0 aromatic heterocycles. The highest BCUT2D eigenvalue weighted by Gasteiger charge is 2.35. The van der Waals surface area contributed by atoms with Gasteiger partial charge in [0.15, 0.2) is 0 Å². The lowest BCUT2D eigenvalue weighted by Crippen LogP contribution is -2.25. The first-order chi connectivity index (χ1) is 12.3. The van der Waals surface area contributed by atoms with Crippen molar-refractivity contribution in [2.24, 2.45) is 5.10 Å². The average molecular weight is 395 g/mol. The summed E-state index contributed by atoms with van der Waals surface area (Å²) in [4.78, 5) is 0. The monoisotopic (exact) mass is 394 g/mol. The molecule has 1 atom stereocenters. The largest absolute Gasteiger partial charge is 0.497 e. The Balaban J connectivity index is 2.06. The second kappa shape index (κ2) is 7.17. The third-order valence-electron chi connectivity index (χ3n) is 4.18. The summed E-state index contributed by atoms with van der Waals surface area (Å²) in [5.41, 5.74) is 2.14. The summed E-state index contributed by atoms with van der Waals surface area (Å²) >= 11 is 5.95. The third-order valence-corrected chi connectivity index (χ3v) is 5.45. The Hall–Kier alpha value is -2.25. The van der Waals surface area contributed by atoms with E-state index in [0.717, 1.165) is 16.2 Å². The van der Waals surface area contributed by atoms with E-state index in [-0.39, 0.29) is 0 Å². The van der Waals surface area contributed by atoms with E-state index in [0.29, 0.717) is 34.2 Å². The number of ether oxygens (including phenoxy) is 2. The van der Waals surface area contributed by atoms with Crippen molar-refractivity contribution in [3.05, 3.63) is 58.6 Å². The van der Waals surface area contributed by atoms with E-state index >= 15 is 0 Å². The van der Waals surface area contributed by atoms with Crippen LogP contribution in [-0.4, -0.2) is 39.0 Å². The Kier molecular flexibility index (Phi) is 5.11. The topological polar surface area (TPSA) is 68.2 Å². The van der Waals surface area contributed by atoms with Crippen molar-refractivity contribution < 1.29 is 17.9 Å². The second-order valence-electron chi connectivity index (χ2n) is 5.92. The highest BCUT2D eigenvalue weighted by Crippen LogP contribution is 2.37. The van der Waals surface area contributed by atoms with Crippen LogP contribution in [0.3, 0.4) is 0 Å². The van der Waals surface area contributed by atoms with Gasteiger partial charge in [-0.3, -0.25) is 0 Å². The molecule has 0 saturated heterocycles. The van der Waals surface area contributed by atoms with Gasteiger partial charge in [0.2, 0.25) is 10.0 Å². The number of nitrogens with zero attached hydrogens (tertiary/aromatic N) is 2. The quantitative estimate of drug-likeness (QED) is 0.778. The lowest BCUT2D eigenvalue weighted by Gasteiger charge is -2.21. The molecule has 0 amide bonds. The summed E-state index contributed by atoms with van der Waals surface area (Å²) < 4.78 is 36.4. The molecule has 0 N–H and O–H groups in total. The number of methoxy groups -OCH3 is 2. The van der Waals surface area contributed by atoms with E-state index in [4.69, 9.17) is 21.1 Å². The first-order valence-corrected chi connectivity index (χ1v) is 10.1. The zero-order valence-corrected chi connectivity index (χ0v) is 16.2.